The molecule has 1 nitrogen and oxygen atoms in total. The summed E-state index contributed by atoms with van der Waals surface area (Å²) >= 11 is 12.4. The number of phenols is 1. The van der Waals surface area contributed by atoms with E-state index in [2.05, 4.69) is 6.92 Å². The predicted molar refractivity (Wildman–Crippen MR) is 82.2 cm³/mol. The number of hydrogen-bond donors (Lipinski definition) is 1. The molecule has 2 aromatic carbocycles. The van der Waals surface area contributed by atoms with Crippen molar-refractivity contribution in [2.75, 3.05) is 0 Å². The minimum Gasteiger partial charge on any atom is -0.508 e. The Labute approximate surface area is 123 Å². The molecule has 3 heteroatoms. The summed E-state index contributed by atoms with van der Waals surface area (Å²) in [5.74, 6) is 0.250. The molecule has 0 aliphatic heterocycles. The van der Waals surface area contributed by atoms with Gasteiger partial charge in [0, 0.05) is 15.6 Å². The third-order valence-corrected chi connectivity index (χ3v) is 3.68. The van der Waals surface area contributed by atoms with Gasteiger partial charge in [-0.25, -0.2) is 0 Å². The molecule has 0 atom stereocenters. The van der Waals surface area contributed by atoms with Gasteiger partial charge in [0.05, 0.1) is 0 Å². The van der Waals surface area contributed by atoms with E-state index in [1.54, 1.807) is 24.3 Å². The van der Waals surface area contributed by atoms with Crippen LogP contribution in [0, 0.1) is 0 Å². The van der Waals surface area contributed by atoms with Gasteiger partial charge in [0.1, 0.15) is 5.75 Å². The predicted octanol–water partition coefficient (Wildman–Crippen LogP) is 5.71. The first-order chi connectivity index (χ1) is 9.11. The van der Waals surface area contributed by atoms with Crippen molar-refractivity contribution in [3.8, 4) is 16.9 Å². The highest BCUT2D eigenvalue weighted by molar-refractivity contribution is 6.39. The van der Waals surface area contributed by atoms with Crippen LogP contribution >= 0.6 is 23.2 Å². The molecule has 2 rings (SSSR count). The van der Waals surface area contributed by atoms with E-state index in [9.17, 15) is 5.11 Å². The van der Waals surface area contributed by atoms with E-state index in [4.69, 9.17) is 23.2 Å². The molecule has 0 unspecified atom stereocenters. The van der Waals surface area contributed by atoms with Crippen molar-refractivity contribution in [3.05, 3.63) is 52.0 Å². The van der Waals surface area contributed by atoms with Crippen molar-refractivity contribution in [2.24, 2.45) is 0 Å². The first-order valence-corrected chi connectivity index (χ1v) is 7.14. The van der Waals surface area contributed by atoms with Crippen LogP contribution in [0.4, 0.5) is 0 Å². The fourth-order valence-corrected chi connectivity index (χ4v) is 2.73. The number of rotatable bonds is 4. The fraction of sp³-hybridized carbons (Fsp3) is 0.250. The summed E-state index contributed by atoms with van der Waals surface area (Å²) in [5.41, 5.74) is 2.74. The second kappa shape index (κ2) is 6.31. The van der Waals surface area contributed by atoms with Gasteiger partial charge >= 0.3 is 0 Å². The summed E-state index contributed by atoms with van der Waals surface area (Å²) in [6.45, 7) is 2.15. The zero-order valence-corrected chi connectivity index (χ0v) is 12.3. The second-order valence-corrected chi connectivity index (χ2v) is 5.40. The van der Waals surface area contributed by atoms with Crippen LogP contribution in [-0.2, 0) is 6.42 Å². The third-order valence-electron chi connectivity index (χ3n) is 3.05. The lowest BCUT2D eigenvalue weighted by atomic mass is 10.00. The van der Waals surface area contributed by atoms with Crippen LogP contribution in [0.5, 0.6) is 5.75 Å². The molecule has 0 heterocycles. The Balaban J connectivity index is 2.47. The maximum absolute atomic E-state index is 9.85. The summed E-state index contributed by atoms with van der Waals surface area (Å²) in [5, 5.41) is 11.0. The summed E-state index contributed by atoms with van der Waals surface area (Å²) in [4.78, 5) is 0. The molecule has 0 aliphatic rings. The van der Waals surface area contributed by atoms with Gasteiger partial charge in [-0.3, -0.25) is 0 Å². The molecular weight excluding hydrogens is 279 g/mol. The lowest BCUT2D eigenvalue weighted by molar-refractivity contribution is 0.474. The number of halogens is 2. The lowest BCUT2D eigenvalue weighted by Crippen LogP contribution is -1.88. The number of hydrogen-bond acceptors (Lipinski definition) is 1. The third kappa shape index (κ3) is 3.43. The first kappa shape index (κ1) is 14.2. The van der Waals surface area contributed by atoms with Crippen LogP contribution in [0.15, 0.2) is 36.4 Å². The number of aryl methyl sites for hydroxylation is 1. The monoisotopic (exact) mass is 294 g/mol. The zero-order valence-electron chi connectivity index (χ0n) is 10.8. The molecule has 100 valence electrons. The molecule has 19 heavy (non-hydrogen) atoms. The Morgan fingerprint density at radius 2 is 1.74 bits per heavy atom. The number of benzene rings is 2. The summed E-state index contributed by atoms with van der Waals surface area (Å²) in [7, 11) is 0. The highest BCUT2D eigenvalue weighted by atomic mass is 35.5. The molecule has 1 N–H and O–H groups in total. The van der Waals surface area contributed by atoms with Crippen LogP contribution in [-0.4, -0.2) is 5.11 Å². The first-order valence-electron chi connectivity index (χ1n) is 6.39. The number of aromatic hydroxyl groups is 1. The average Bonchev–Trinajstić information content (AvgIpc) is 2.35. The van der Waals surface area contributed by atoms with Gasteiger partial charge in [-0.05, 0) is 48.2 Å². The molecule has 0 spiro atoms. The van der Waals surface area contributed by atoms with Crippen LogP contribution in [0.1, 0.15) is 25.3 Å². The minimum absolute atomic E-state index is 0.250. The molecule has 2 aromatic rings. The molecule has 0 amide bonds. The second-order valence-electron chi connectivity index (χ2n) is 4.59. The highest BCUT2D eigenvalue weighted by Crippen LogP contribution is 2.36. The lowest BCUT2D eigenvalue weighted by Gasteiger charge is -2.10. The molecule has 0 bridgehead atoms. The van der Waals surface area contributed by atoms with Gasteiger partial charge in [-0.15, -0.1) is 0 Å². The minimum atomic E-state index is 0.250. The molecule has 0 radical (unpaired) electrons. The van der Waals surface area contributed by atoms with Crippen molar-refractivity contribution < 1.29 is 5.11 Å². The summed E-state index contributed by atoms with van der Waals surface area (Å²) in [6, 6.07) is 11.0. The Kier molecular flexibility index (Phi) is 4.73. The zero-order chi connectivity index (χ0) is 13.8. The van der Waals surface area contributed by atoms with E-state index < -0.39 is 0 Å². The van der Waals surface area contributed by atoms with Gasteiger partial charge < -0.3 is 5.11 Å². The van der Waals surface area contributed by atoms with E-state index in [-0.39, 0.29) is 5.75 Å². The van der Waals surface area contributed by atoms with Gasteiger partial charge in [0.25, 0.3) is 0 Å². The SMILES string of the molecule is CCCCc1cc(O)cc(-c2c(Cl)cccc2Cl)c1. The fourth-order valence-electron chi connectivity index (χ4n) is 2.12. The topological polar surface area (TPSA) is 20.2 Å². The number of phenolic OH excluding ortho intramolecular Hbond substituents is 1. The Hall–Kier alpha value is -1.18. The van der Waals surface area contributed by atoms with E-state index in [0.29, 0.717) is 10.0 Å². The molecule has 0 aromatic heterocycles. The maximum atomic E-state index is 9.85. The van der Waals surface area contributed by atoms with Crippen LogP contribution in [0.2, 0.25) is 10.0 Å². The highest BCUT2D eigenvalue weighted by Gasteiger charge is 2.10. The van der Waals surface area contributed by atoms with E-state index in [0.717, 1.165) is 36.0 Å². The summed E-state index contributed by atoms with van der Waals surface area (Å²) < 4.78 is 0. The quantitative estimate of drug-likeness (QED) is 0.766. The maximum Gasteiger partial charge on any atom is 0.116 e. The van der Waals surface area contributed by atoms with Crippen LogP contribution in [0.3, 0.4) is 0 Å². The largest absolute Gasteiger partial charge is 0.508 e. The number of unbranched alkanes of at least 4 members (excludes halogenated alkanes) is 1. The summed E-state index contributed by atoms with van der Waals surface area (Å²) in [6.07, 6.45) is 3.16. The van der Waals surface area contributed by atoms with Crippen molar-refractivity contribution in [1.29, 1.82) is 0 Å². The van der Waals surface area contributed by atoms with E-state index in [1.807, 2.05) is 12.1 Å². The van der Waals surface area contributed by atoms with Crippen molar-refractivity contribution in [3.63, 3.8) is 0 Å². The Bertz CT molecular complexity index is 559. The van der Waals surface area contributed by atoms with Gasteiger partial charge in [-0.1, -0.05) is 48.7 Å². The van der Waals surface area contributed by atoms with Crippen LogP contribution < -0.4 is 0 Å². The standard InChI is InChI=1S/C16H16Cl2O/c1-2-3-5-11-8-12(10-13(19)9-11)16-14(17)6-4-7-15(16)18/h4,6-10,19H,2-3,5H2,1H3. The molecule has 0 fully saturated rings. The van der Waals surface area contributed by atoms with Gasteiger partial charge in [-0.2, -0.15) is 0 Å². The molecule has 0 aliphatic carbocycles. The average molecular weight is 295 g/mol. The van der Waals surface area contributed by atoms with Crippen LogP contribution in [0.25, 0.3) is 11.1 Å². The van der Waals surface area contributed by atoms with E-state index >= 15 is 0 Å². The normalized spacial score (nSPS) is 10.7. The Morgan fingerprint density at radius 1 is 1.05 bits per heavy atom. The Morgan fingerprint density at radius 3 is 2.37 bits per heavy atom. The molecule has 0 saturated carbocycles. The van der Waals surface area contributed by atoms with Crippen molar-refractivity contribution in [2.45, 2.75) is 26.2 Å². The molecular formula is C16H16Cl2O. The van der Waals surface area contributed by atoms with Crippen molar-refractivity contribution >= 4 is 23.2 Å². The van der Waals surface area contributed by atoms with Gasteiger partial charge in [0.15, 0.2) is 0 Å². The molecule has 0 saturated heterocycles. The smallest absolute Gasteiger partial charge is 0.116 e. The van der Waals surface area contributed by atoms with E-state index in [1.165, 1.54) is 0 Å². The van der Waals surface area contributed by atoms with Crippen molar-refractivity contribution in [1.82, 2.24) is 0 Å². The van der Waals surface area contributed by atoms with Gasteiger partial charge in [0.2, 0.25) is 0 Å².